The highest BCUT2D eigenvalue weighted by atomic mass is 19.1. The van der Waals surface area contributed by atoms with E-state index in [9.17, 15) is 14.0 Å². The van der Waals surface area contributed by atoms with Crippen LogP contribution in [0.2, 0.25) is 0 Å². The number of hydrogen-bond acceptors (Lipinski definition) is 5. The summed E-state index contributed by atoms with van der Waals surface area (Å²) in [6.45, 7) is 1.91. The number of nitrogens with one attached hydrogen (secondary N) is 1. The Hall–Kier alpha value is -3.95. The van der Waals surface area contributed by atoms with Gasteiger partial charge in [-0.25, -0.2) is 18.9 Å². The maximum Gasteiger partial charge on any atom is 0.317 e. The Kier molecular flexibility index (Phi) is 5.78. The fourth-order valence-corrected chi connectivity index (χ4v) is 3.59. The molecule has 9 nitrogen and oxygen atoms in total. The minimum absolute atomic E-state index is 0.0347. The van der Waals surface area contributed by atoms with Gasteiger partial charge in [0.05, 0.1) is 11.3 Å². The number of primary amides is 1. The van der Waals surface area contributed by atoms with Crippen LogP contribution in [0.15, 0.2) is 55.0 Å². The van der Waals surface area contributed by atoms with Gasteiger partial charge in [0.2, 0.25) is 0 Å². The predicted molar refractivity (Wildman–Crippen MR) is 112 cm³/mol. The molecule has 1 aromatic carbocycles. The van der Waals surface area contributed by atoms with E-state index in [1.807, 2.05) is 4.90 Å². The van der Waals surface area contributed by atoms with Crippen molar-refractivity contribution in [3.8, 4) is 5.69 Å². The fraction of sp³-hybridized carbons (Fsp3) is 0.238. The standard InChI is InChI=1S/C21H22FN7O2/c22-17-5-1-6-18(29-9-3-8-26-29)16(17)14-25-21(31)28-12-10-27(11-13-28)20-15(19(23)30)4-2-7-24-20/h1-9H,10-14H2,(H2,23,30)(H,25,31). The van der Waals surface area contributed by atoms with Gasteiger partial charge in [-0.05, 0) is 30.3 Å². The number of anilines is 1. The molecule has 0 unspecified atom stereocenters. The van der Waals surface area contributed by atoms with Gasteiger partial charge in [0, 0.05) is 56.9 Å². The first-order valence-electron chi connectivity index (χ1n) is 9.84. The number of carbonyl (C=O) groups excluding carboxylic acids is 2. The number of aromatic nitrogens is 3. The molecule has 1 aliphatic rings. The van der Waals surface area contributed by atoms with Gasteiger partial charge in [-0.1, -0.05) is 6.07 Å². The predicted octanol–water partition coefficient (Wildman–Crippen LogP) is 1.54. The highest BCUT2D eigenvalue weighted by Crippen LogP contribution is 2.20. The minimum Gasteiger partial charge on any atom is -0.365 e. The molecule has 3 heterocycles. The van der Waals surface area contributed by atoms with E-state index < -0.39 is 11.7 Å². The van der Waals surface area contributed by atoms with Crippen LogP contribution in [0.1, 0.15) is 15.9 Å². The highest BCUT2D eigenvalue weighted by molar-refractivity contribution is 5.97. The zero-order chi connectivity index (χ0) is 21.8. The molecule has 0 aliphatic carbocycles. The molecule has 1 aliphatic heterocycles. The van der Waals surface area contributed by atoms with Crippen molar-refractivity contribution in [1.82, 2.24) is 25.0 Å². The fourth-order valence-electron chi connectivity index (χ4n) is 3.59. The molecule has 3 aromatic rings. The van der Waals surface area contributed by atoms with Crippen molar-refractivity contribution in [1.29, 1.82) is 0 Å². The molecule has 0 spiro atoms. The monoisotopic (exact) mass is 423 g/mol. The van der Waals surface area contributed by atoms with Gasteiger partial charge in [0.15, 0.2) is 0 Å². The smallest absolute Gasteiger partial charge is 0.317 e. The summed E-state index contributed by atoms with van der Waals surface area (Å²) in [7, 11) is 0. The lowest BCUT2D eigenvalue weighted by Gasteiger charge is -2.35. The molecule has 0 bridgehead atoms. The van der Waals surface area contributed by atoms with Crippen LogP contribution in [0.5, 0.6) is 0 Å². The summed E-state index contributed by atoms with van der Waals surface area (Å²) in [5.41, 5.74) is 6.72. The highest BCUT2D eigenvalue weighted by Gasteiger charge is 2.24. The van der Waals surface area contributed by atoms with E-state index >= 15 is 0 Å². The molecule has 4 rings (SSSR count). The maximum absolute atomic E-state index is 14.4. The van der Waals surface area contributed by atoms with Crippen molar-refractivity contribution >= 4 is 17.8 Å². The van der Waals surface area contributed by atoms with Gasteiger partial charge in [-0.3, -0.25) is 4.79 Å². The molecule has 0 atom stereocenters. The van der Waals surface area contributed by atoms with Crippen molar-refractivity contribution in [2.75, 3.05) is 31.1 Å². The minimum atomic E-state index is -0.541. The van der Waals surface area contributed by atoms with Crippen LogP contribution >= 0.6 is 0 Å². The normalized spacial score (nSPS) is 13.8. The number of halogens is 1. The quantitative estimate of drug-likeness (QED) is 0.647. The molecule has 0 saturated carbocycles. The first kappa shape index (κ1) is 20.3. The van der Waals surface area contributed by atoms with Crippen molar-refractivity contribution in [2.24, 2.45) is 5.73 Å². The second kappa shape index (κ2) is 8.82. The number of benzene rings is 1. The zero-order valence-electron chi connectivity index (χ0n) is 16.7. The van der Waals surface area contributed by atoms with Gasteiger partial charge in [-0.2, -0.15) is 5.10 Å². The molecule has 3 amide bonds. The topological polar surface area (TPSA) is 109 Å². The number of pyridine rings is 1. The Morgan fingerprint density at radius 2 is 1.87 bits per heavy atom. The third kappa shape index (κ3) is 4.32. The summed E-state index contributed by atoms with van der Waals surface area (Å²) in [4.78, 5) is 32.1. The van der Waals surface area contributed by atoms with Gasteiger partial charge < -0.3 is 20.9 Å². The number of amides is 3. The molecular weight excluding hydrogens is 401 g/mol. The third-order valence-corrected chi connectivity index (χ3v) is 5.18. The number of hydrogen-bond donors (Lipinski definition) is 2. The summed E-state index contributed by atoms with van der Waals surface area (Å²) >= 11 is 0. The van der Waals surface area contributed by atoms with Crippen molar-refractivity contribution in [3.05, 3.63) is 71.9 Å². The van der Waals surface area contributed by atoms with E-state index in [-0.39, 0.29) is 12.6 Å². The van der Waals surface area contributed by atoms with E-state index in [0.29, 0.717) is 48.8 Å². The Labute approximate surface area is 178 Å². The Bertz CT molecular complexity index is 1080. The number of piperazine rings is 1. The van der Waals surface area contributed by atoms with Crippen LogP contribution in [0, 0.1) is 5.82 Å². The van der Waals surface area contributed by atoms with Crippen LogP contribution < -0.4 is 16.0 Å². The summed E-state index contributed by atoms with van der Waals surface area (Å²) in [6.07, 6.45) is 4.93. The molecule has 1 fully saturated rings. The van der Waals surface area contributed by atoms with Crippen LogP contribution in [0.4, 0.5) is 15.0 Å². The van der Waals surface area contributed by atoms with Gasteiger partial charge in [0.25, 0.3) is 5.91 Å². The number of nitrogens with zero attached hydrogens (tertiary/aromatic N) is 5. The van der Waals surface area contributed by atoms with Crippen molar-refractivity contribution in [2.45, 2.75) is 6.54 Å². The second-order valence-corrected chi connectivity index (χ2v) is 7.06. The molecule has 160 valence electrons. The summed E-state index contributed by atoms with van der Waals surface area (Å²) < 4.78 is 16.0. The van der Waals surface area contributed by atoms with E-state index in [1.165, 1.54) is 6.07 Å². The lowest BCUT2D eigenvalue weighted by Crippen LogP contribution is -2.52. The molecule has 0 radical (unpaired) electrons. The summed E-state index contributed by atoms with van der Waals surface area (Å²) in [5.74, 6) is -0.432. The summed E-state index contributed by atoms with van der Waals surface area (Å²) in [5, 5.41) is 6.94. The molecule has 3 N–H and O–H groups in total. The lowest BCUT2D eigenvalue weighted by molar-refractivity contribution is 0.1000. The van der Waals surface area contributed by atoms with Gasteiger partial charge >= 0.3 is 6.03 Å². The van der Waals surface area contributed by atoms with Crippen LogP contribution in [0.3, 0.4) is 0 Å². The number of rotatable bonds is 5. The van der Waals surface area contributed by atoms with Crippen LogP contribution in [0.25, 0.3) is 5.69 Å². The summed E-state index contributed by atoms with van der Waals surface area (Å²) in [6, 6.07) is 9.47. The SMILES string of the molecule is NC(=O)c1cccnc1N1CCN(C(=O)NCc2c(F)cccc2-n2cccn2)CC1. The second-order valence-electron chi connectivity index (χ2n) is 7.06. The molecule has 10 heteroatoms. The van der Waals surface area contributed by atoms with E-state index in [1.54, 1.807) is 58.5 Å². The molecule has 1 saturated heterocycles. The van der Waals surface area contributed by atoms with Crippen molar-refractivity contribution < 1.29 is 14.0 Å². The Morgan fingerprint density at radius 3 is 2.58 bits per heavy atom. The number of urea groups is 1. The largest absolute Gasteiger partial charge is 0.365 e. The lowest BCUT2D eigenvalue weighted by atomic mass is 10.1. The number of nitrogens with two attached hydrogens (primary N) is 1. The van der Waals surface area contributed by atoms with Gasteiger partial charge in [-0.15, -0.1) is 0 Å². The Balaban J connectivity index is 1.39. The zero-order valence-corrected chi connectivity index (χ0v) is 16.7. The van der Waals surface area contributed by atoms with E-state index in [4.69, 9.17) is 5.73 Å². The average Bonchev–Trinajstić information content (AvgIpc) is 3.33. The Morgan fingerprint density at radius 1 is 1.06 bits per heavy atom. The average molecular weight is 423 g/mol. The van der Waals surface area contributed by atoms with E-state index in [0.717, 1.165) is 0 Å². The van der Waals surface area contributed by atoms with Crippen molar-refractivity contribution in [3.63, 3.8) is 0 Å². The third-order valence-electron chi connectivity index (χ3n) is 5.18. The van der Waals surface area contributed by atoms with E-state index in [2.05, 4.69) is 15.4 Å². The first-order valence-corrected chi connectivity index (χ1v) is 9.84. The maximum atomic E-state index is 14.4. The van der Waals surface area contributed by atoms with Crippen LogP contribution in [-0.2, 0) is 6.54 Å². The van der Waals surface area contributed by atoms with Crippen LogP contribution in [-0.4, -0.2) is 57.8 Å². The molecular formula is C21H22FN7O2. The molecule has 31 heavy (non-hydrogen) atoms. The van der Waals surface area contributed by atoms with Gasteiger partial charge in [0.1, 0.15) is 11.6 Å². The first-order chi connectivity index (χ1) is 15.0. The number of carbonyl (C=O) groups is 2. The molecule has 2 aromatic heterocycles.